The van der Waals surface area contributed by atoms with Gasteiger partial charge in [0.1, 0.15) is 5.75 Å². The van der Waals surface area contributed by atoms with Crippen LogP contribution in [0.3, 0.4) is 0 Å². The van der Waals surface area contributed by atoms with Crippen LogP contribution in [0.2, 0.25) is 0 Å². The molecule has 0 bridgehead atoms. The van der Waals surface area contributed by atoms with Gasteiger partial charge in [-0.25, -0.2) is 13.1 Å². The van der Waals surface area contributed by atoms with E-state index in [0.717, 1.165) is 0 Å². The normalized spacial score (nSPS) is 12.0. The monoisotopic (exact) mass is 371 g/mol. The number of ether oxygens (including phenoxy) is 1. The summed E-state index contributed by atoms with van der Waals surface area (Å²) < 4.78 is 33.5. The van der Waals surface area contributed by atoms with Crippen LogP contribution < -0.4 is 20.5 Å². The van der Waals surface area contributed by atoms with E-state index >= 15 is 0 Å². The third-order valence-electron chi connectivity index (χ3n) is 4.45. The molecule has 0 spiro atoms. The van der Waals surface area contributed by atoms with Crippen LogP contribution in [-0.2, 0) is 21.4 Å². The van der Waals surface area contributed by atoms with Gasteiger partial charge in [-0.05, 0) is 31.0 Å². The Labute approximate surface area is 150 Å². The molecule has 0 atom stereocenters. The number of carbonyl (C=O) groups excluding carboxylic acids is 1. The van der Waals surface area contributed by atoms with E-state index in [1.54, 1.807) is 13.0 Å². The van der Waals surface area contributed by atoms with Gasteiger partial charge in [-0.15, -0.1) is 0 Å². The second-order valence-corrected chi connectivity index (χ2v) is 7.58. The average molecular weight is 372 g/mol. The zero-order valence-corrected chi connectivity index (χ0v) is 16.2. The van der Waals surface area contributed by atoms with Crippen LogP contribution in [0.4, 0.5) is 0 Å². The smallest absolute Gasteiger partial charge is 0.241 e. The fourth-order valence-corrected chi connectivity index (χ4v) is 4.05. The van der Waals surface area contributed by atoms with Crippen molar-refractivity contribution in [1.82, 2.24) is 10.0 Å². The molecule has 0 radical (unpaired) electrons. The Morgan fingerprint density at radius 1 is 1.24 bits per heavy atom. The van der Waals surface area contributed by atoms with Crippen LogP contribution >= 0.6 is 0 Å². The second-order valence-electron chi connectivity index (χ2n) is 5.90. The highest BCUT2D eigenvalue weighted by molar-refractivity contribution is 7.89. The molecule has 1 amide bonds. The molecule has 0 aliphatic rings. The van der Waals surface area contributed by atoms with Crippen LogP contribution in [0, 0.1) is 0 Å². The van der Waals surface area contributed by atoms with E-state index in [4.69, 9.17) is 10.5 Å². The Bertz CT molecular complexity index is 677. The molecule has 25 heavy (non-hydrogen) atoms. The Morgan fingerprint density at radius 3 is 2.36 bits per heavy atom. The number of methoxy groups -OCH3 is 1. The standard InChI is InChI=1S/C17H29N3O4S/c1-5-16(21)19-11-13-10-14(8-9-15(13)24-4)25(22,23)20-17(6-2,7-3)12-18/h8-10,20H,5-7,11-12,18H2,1-4H3,(H,19,21). The number of benzene rings is 1. The fourth-order valence-electron chi connectivity index (χ4n) is 2.45. The van der Waals surface area contributed by atoms with Crippen LogP contribution in [-0.4, -0.2) is 33.5 Å². The largest absolute Gasteiger partial charge is 0.496 e. The zero-order chi connectivity index (χ0) is 19.1. The van der Waals surface area contributed by atoms with Crippen molar-refractivity contribution in [2.75, 3.05) is 13.7 Å². The molecule has 7 nitrogen and oxygen atoms in total. The maximum Gasteiger partial charge on any atom is 0.241 e. The lowest BCUT2D eigenvalue weighted by atomic mass is 9.95. The maximum absolute atomic E-state index is 12.8. The molecule has 0 saturated heterocycles. The molecular formula is C17H29N3O4S. The minimum atomic E-state index is -3.74. The number of hydrogen-bond donors (Lipinski definition) is 3. The van der Waals surface area contributed by atoms with E-state index < -0.39 is 15.6 Å². The molecule has 0 aliphatic carbocycles. The highest BCUT2D eigenvalue weighted by Crippen LogP contribution is 2.24. The summed E-state index contributed by atoms with van der Waals surface area (Å²) in [6.07, 6.45) is 1.54. The van der Waals surface area contributed by atoms with Gasteiger partial charge in [0.05, 0.1) is 12.0 Å². The van der Waals surface area contributed by atoms with Crippen molar-refractivity contribution < 1.29 is 17.9 Å². The highest BCUT2D eigenvalue weighted by atomic mass is 32.2. The van der Waals surface area contributed by atoms with Crippen molar-refractivity contribution in [2.24, 2.45) is 5.73 Å². The molecule has 0 unspecified atom stereocenters. The summed E-state index contributed by atoms with van der Waals surface area (Å²) in [5.41, 5.74) is 5.72. The lowest BCUT2D eigenvalue weighted by molar-refractivity contribution is -0.120. The zero-order valence-electron chi connectivity index (χ0n) is 15.4. The molecular weight excluding hydrogens is 342 g/mol. The first-order valence-electron chi connectivity index (χ1n) is 8.45. The third kappa shape index (κ3) is 5.42. The molecule has 1 aromatic rings. The van der Waals surface area contributed by atoms with Gasteiger partial charge in [-0.2, -0.15) is 0 Å². The number of carbonyl (C=O) groups is 1. The van der Waals surface area contributed by atoms with Gasteiger partial charge in [0.25, 0.3) is 0 Å². The minimum absolute atomic E-state index is 0.118. The Balaban J connectivity index is 3.17. The van der Waals surface area contributed by atoms with Crippen LogP contribution in [0.5, 0.6) is 5.75 Å². The predicted octanol–water partition coefficient (Wildman–Crippen LogP) is 1.52. The van der Waals surface area contributed by atoms with E-state index in [2.05, 4.69) is 10.0 Å². The van der Waals surface area contributed by atoms with E-state index in [1.807, 2.05) is 13.8 Å². The number of rotatable bonds is 10. The van der Waals surface area contributed by atoms with Crippen LogP contribution in [0.1, 0.15) is 45.6 Å². The number of sulfonamides is 1. The summed E-state index contributed by atoms with van der Waals surface area (Å²) in [5, 5.41) is 2.73. The summed E-state index contributed by atoms with van der Waals surface area (Å²) in [5.74, 6) is 0.402. The highest BCUT2D eigenvalue weighted by Gasteiger charge is 2.31. The van der Waals surface area contributed by atoms with Crippen molar-refractivity contribution in [3.63, 3.8) is 0 Å². The Morgan fingerprint density at radius 2 is 1.88 bits per heavy atom. The molecule has 0 aromatic heterocycles. The van der Waals surface area contributed by atoms with E-state index in [-0.39, 0.29) is 23.9 Å². The molecule has 4 N–H and O–H groups in total. The Hall–Kier alpha value is -1.64. The summed E-state index contributed by atoms with van der Waals surface area (Å²) in [6.45, 7) is 5.97. The fraction of sp³-hybridized carbons (Fsp3) is 0.588. The average Bonchev–Trinajstić information content (AvgIpc) is 2.63. The van der Waals surface area contributed by atoms with E-state index in [1.165, 1.54) is 19.2 Å². The van der Waals surface area contributed by atoms with Gasteiger partial charge < -0.3 is 15.8 Å². The van der Waals surface area contributed by atoms with Gasteiger partial charge in [-0.1, -0.05) is 20.8 Å². The van der Waals surface area contributed by atoms with Gasteiger partial charge in [0, 0.05) is 30.6 Å². The molecule has 1 rings (SSSR count). The van der Waals surface area contributed by atoms with Crippen molar-refractivity contribution in [2.45, 2.75) is 57.0 Å². The predicted molar refractivity (Wildman–Crippen MR) is 97.8 cm³/mol. The van der Waals surface area contributed by atoms with Gasteiger partial charge in [0.2, 0.25) is 15.9 Å². The van der Waals surface area contributed by atoms with Crippen LogP contribution in [0.25, 0.3) is 0 Å². The van der Waals surface area contributed by atoms with Gasteiger partial charge in [0.15, 0.2) is 0 Å². The second kappa shape index (κ2) is 9.17. The number of nitrogens with one attached hydrogen (secondary N) is 2. The summed E-state index contributed by atoms with van der Waals surface area (Å²) in [7, 11) is -2.24. The first kappa shape index (κ1) is 21.4. The molecule has 0 fully saturated rings. The molecule has 1 aromatic carbocycles. The van der Waals surface area contributed by atoms with Crippen molar-refractivity contribution in [3.05, 3.63) is 23.8 Å². The molecule has 8 heteroatoms. The molecule has 0 saturated carbocycles. The quantitative estimate of drug-likeness (QED) is 0.577. The number of nitrogens with two attached hydrogens (primary N) is 1. The van der Waals surface area contributed by atoms with Gasteiger partial charge >= 0.3 is 0 Å². The van der Waals surface area contributed by atoms with E-state index in [0.29, 0.717) is 30.6 Å². The minimum Gasteiger partial charge on any atom is -0.496 e. The third-order valence-corrected chi connectivity index (χ3v) is 6.03. The topological polar surface area (TPSA) is 111 Å². The lowest BCUT2D eigenvalue weighted by Crippen LogP contribution is -2.52. The SMILES string of the molecule is CCC(=O)NCc1cc(S(=O)(=O)NC(CC)(CC)CN)ccc1OC. The number of hydrogen-bond acceptors (Lipinski definition) is 5. The van der Waals surface area contributed by atoms with Crippen molar-refractivity contribution in [3.8, 4) is 5.75 Å². The summed E-state index contributed by atoms with van der Waals surface area (Å²) in [4.78, 5) is 11.6. The molecule has 142 valence electrons. The number of amides is 1. The maximum atomic E-state index is 12.8. The van der Waals surface area contributed by atoms with Gasteiger partial charge in [-0.3, -0.25) is 4.79 Å². The summed E-state index contributed by atoms with van der Waals surface area (Å²) >= 11 is 0. The molecule has 0 aliphatic heterocycles. The first-order chi connectivity index (χ1) is 11.8. The molecule has 0 heterocycles. The van der Waals surface area contributed by atoms with Crippen molar-refractivity contribution in [1.29, 1.82) is 0 Å². The summed E-state index contributed by atoms with van der Waals surface area (Å²) in [6, 6.07) is 4.59. The first-order valence-corrected chi connectivity index (χ1v) is 9.93. The van der Waals surface area contributed by atoms with E-state index in [9.17, 15) is 13.2 Å². The Kier molecular flexibility index (Phi) is 7.85. The van der Waals surface area contributed by atoms with Crippen LogP contribution in [0.15, 0.2) is 23.1 Å². The lowest BCUT2D eigenvalue weighted by Gasteiger charge is -2.31. The van der Waals surface area contributed by atoms with Crippen molar-refractivity contribution >= 4 is 15.9 Å².